The van der Waals surface area contributed by atoms with Gasteiger partial charge in [0.1, 0.15) is 0 Å². The Morgan fingerprint density at radius 3 is 2.56 bits per heavy atom. The quantitative estimate of drug-likeness (QED) is 0.833. The van der Waals surface area contributed by atoms with E-state index in [0.29, 0.717) is 11.5 Å². The molecular weight excluding hydrogens is 335 g/mol. The zero-order valence-electron chi connectivity index (χ0n) is 13.5. The summed E-state index contributed by atoms with van der Waals surface area (Å²) in [5.41, 5.74) is -0.523. The number of carbonyl (C=O) groups is 1. The largest absolute Gasteiger partial charge is 0.454 e. The third kappa shape index (κ3) is 3.55. The fourth-order valence-corrected chi connectivity index (χ4v) is 2.67. The molecule has 0 radical (unpaired) electrons. The molecule has 1 aliphatic rings. The monoisotopic (exact) mass is 351 g/mol. The molecule has 0 N–H and O–H groups in total. The first-order valence-electron chi connectivity index (χ1n) is 7.74. The summed E-state index contributed by atoms with van der Waals surface area (Å²) in [6.07, 6.45) is -4.58. The average Bonchev–Trinajstić information content (AvgIpc) is 3.06. The molecule has 3 rings (SSSR count). The second kappa shape index (κ2) is 6.66. The number of rotatable bonds is 4. The van der Waals surface area contributed by atoms with Crippen molar-refractivity contribution in [1.29, 1.82) is 0 Å². The van der Waals surface area contributed by atoms with Crippen LogP contribution in [-0.4, -0.2) is 24.1 Å². The normalized spacial score (nSPS) is 13.0. The first-order valence-corrected chi connectivity index (χ1v) is 7.74. The van der Waals surface area contributed by atoms with Gasteiger partial charge in [-0.1, -0.05) is 18.2 Å². The Balaban J connectivity index is 1.85. The highest BCUT2D eigenvalue weighted by atomic mass is 19.4. The van der Waals surface area contributed by atoms with Gasteiger partial charge in [-0.2, -0.15) is 13.2 Å². The van der Waals surface area contributed by atoms with Crippen LogP contribution in [-0.2, 0) is 12.7 Å². The van der Waals surface area contributed by atoms with Gasteiger partial charge in [-0.3, -0.25) is 4.79 Å². The van der Waals surface area contributed by atoms with E-state index in [-0.39, 0.29) is 25.4 Å². The number of nitrogens with zero attached hydrogens (tertiary/aromatic N) is 1. The topological polar surface area (TPSA) is 38.8 Å². The van der Waals surface area contributed by atoms with Gasteiger partial charge in [-0.15, -0.1) is 0 Å². The molecule has 1 aliphatic heterocycles. The maximum absolute atomic E-state index is 13.2. The molecule has 0 saturated heterocycles. The molecule has 0 aliphatic carbocycles. The number of carbonyl (C=O) groups excluding carboxylic acids is 1. The molecule has 7 heteroatoms. The summed E-state index contributed by atoms with van der Waals surface area (Å²) in [5.74, 6) is 0.519. The van der Waals surface area contributed by atoms with E-state index in [1.54, 1.807) is 25.1 Å². The summed E-state index contributed by atoms with van der Waals surface area (Å²) >= 11 is 0. The van der Waals surface area contributed by atoms with Gasteiger partial charge >= 0.3 is 6.18 Å². The van der Waals surface area contributed by atoms with Crippen LogP contribution >= 0.6 is 0 Å². The SMILES string of the molecule is CCN(Cc1ccc2c(c1)OCO2)C(=O)c1ccccc1C(F)(F)F. The lowest BCUT2D eigenvalue weighted by Crippen LogP contribution is -2.32. The van der Waals surface area contributed by atoms with Crippen LogP contribution in [0.25, 0.3) is 0 Å². The highest BCUT2D eigenvalue weighted by Crippen LogP contribution is 2.34. The van der Waals surface area contributed by atoms with Crippen LogP contribution in [0.5, 0.6) is 11.5 Å². The molecule has 0 spiro atoms. The third-order valence-corrected chi connectivity index (χ3v) is 3.94. The fourth-order valence-electron chi connectivity index (χ4n) is 2.67. The molecule has 0 unspecified atom stereocenters. The van der Waals surface area contributed by atoms with Crippen LogP contribution in [0.15, 0.2) is 42.5 Å². The lowest BCUT2D eigenvalue weighted by atomic mass is 10.1. The lowest BCUT2D eigenvalue weighted by molar-refractivity contribution is -0.138. The van der Waals surface area contributed by atoms with Crippen molar-refractivity contribution in [2.24, 2.45) is 0 Å². The Kier molecular flexibility index (Phi) is 4.57. The zero-order valence-corrected chi connectivity index (χ0v) is 13.5. The van der Waals surface area contributed by atoms with Crippen molar-refractivity contribution in [3.05, 3.63) is 59.2 Å². The predicted octanol–water partition coefficient (Wildman–Crippen LogP) is 4.10. The second-order valence-corrected chi connectivity index (χ2v) is 5.55. The van der Waals surface area contributed by atoms with E-state index < -0.39 is 17.6 Å². The Hall–Kier alpha value is -2.70. The van der Waals surface area contributed by atoms with E-state index in [0.717, 1.165) is 11.6 Å². The minimum absolute atomic E-state index is 0.133. The number of hydrogen-bond acceptors (Lipinski definition) is 3. The molecule has 0 fully saturated rings. The van der Waals surface area contributed by atoms with Crippen molar-refractivity contribution in [3.63, 3.8) is 0 Å². The minimum atomic E-state index is -4.58. The number of ether oxygens (including phenoxy) is 2. The van der Waals surface area contributed by atoms with Crippen molar-refractivity contribution in [3.8, 4) is 11.5 Å². The first-order chi connectivity index (χ1) is 11.9. The van der Waals surface area contributed by atoms with Crippen molar-refractivity contribution < 1.29 is 27.4 Å². The second-order valence-electron chi connectivity index (χ2n) is 5.55. The number of halogens is 3. The van der Waals surface area contributed by atoms with E-state index in [2.05, 4.69) is 0 Å². The van der Waals surface area contributed by atoms with Crippen LogP contribution in [0, 0.1) is 0 Å². The van der Waals surface area contributed by atoms with Crippen molar-refractivity contribution in [2.75, 3.05) is 13.3 Å². The van der Waals surface area contributed by atoms with Crippen LogP contribution < -0.4 is 9.47 Å². The van der Waals surface area contributed by atoms with Crippen LogP contribution in [0.3, 0.4) is 0 Å². The molecule has 2 aromatic carbocycles. The minimum Gasteiger partial charge on any atom is -0.454 e. The van der Waals surface area contributed by atoms with Gasteiger partial charge < -0.3 is 14.4 Å². The molecule has 0 bridgehead atoms. The van der Waals surface area contributed by atoms with Crippen molar-refractivity contribution in [1.82, 2.24) is 4.90 Å². The molecule has 1 amide bonds. The summed E-state index contributed by atoms with van der Waals surface area (Å²) in [7, 11) is 0. The predicted molar refractivity (Wildman–Crippen MR) is 84.4 cm³/mol. The van der Waals surface area contributed by atoms with Gasteiger partial charge in [-0.25, -0.2) is 0 Å². The molecule has 2 aromatic rings. The summed E-state index contributed by atoms with van der Waals surface area (Å²) < 4.78 is 50.0. The Morgan fingerprint density at radius 1 is 1.12 bits per heavy atom. The number of benzene rings is 2. The third-order valence-electron chi connectivity index (χ3n) is 3.94. The van der Waals surface area contributed by atoms with E-state index in [4.69, 9.17) is 9.47 Å². The first kappa shape index (κ1) is 17.1. The Labute approximate surface area is 142 Å². The number of alkyl halides is 3. The van der Waals surface area contributed by atoms with Gasteiger partial charge in [0.05, 0.1) is 11.1 Å². The molecule has 1 heterocycles. The van der Waals surface area contributed by atoms with Crippen LogP contribution in [0.1, 0.15) is 28.4 Å². The number of amides is 1. The van der Waals surface area contributed by atoms with Gasteiger partial charge in [0.2, 0.25) is 6.79 Å². The number of fused-ring (bicyclic) bond motifs is 1. The molecule has 0 atom stereocenters. The maximum atomic E-state index is 13.2. The lowest BCUT2D eigenvalue weighted by Gasteiger charge is -2.23. The molecule has 0 aromatic heterocycles. The molecule has 0 saturated carbocycles. The molecular formula is C18H16F3NO3. The summed E-state index contributed by atoms with van der Waals surface area (Å²) in [6, 6.07) is 10.0. The standard InChI is InChI=1S/C18H16F3NO3/c1-2-22(10-12-7-8-15-16(9-12)25-11-24-15)17(23)13-5-3-4-6-14(13)18(19,20)21/h3-9H,2,10-11H2,1H3. The molecule has 4 nitrogen and oxygen atoms in total. The van der Waals surface area contributed by atoms with Gasteiger partial charge in [-0.05, 0) is 36.8 Å². The number of hydrogen-bond donors (Lipinski definition) is 0. The van der Waals surface area contributed by atoms with Gasteiger partial charge in [0.25, 0.3) is 5.91 Å². The highest BCUT2D eigenvalue weighted by molar-refractivity contribution is 5.95. The smallest absolute Gasteiger partial charge is 0.417 e. The van der Waals surface area contributed by atoms with Crippen LogP contribution in [0.2, 0.25) is 0 Å². The van der Waals surface area contributed by atoms with Gasteiger partial charge in [0, 0.05) is 13.1 Å². The summed E-state index contributed by atoms with van der Waals surface area (Å²) in [4.78, 5) is 14.0. The van der Waals surface area contributed by atoms with E-state index >= 15 is 0 Å². The van der Waals surface area contributed by atoms with Crippen molar-refractivity contribution in [2.45, 2.75) is 19.6 Å². The van der Waals surface area contributed by atoms with Crippen molar-refractivity contribution >= 4 is 5.91 Å². The molecule has 25 heavy (non-hydrogen) atoms. The zero-order chi connectivity index (χ0) is 18.0. The molecule has 132 valence electrons. The Morgan fingerprint density at radius 2 is 1.84 bits per heavy atom. The average molecular weight is 351 g/mol. The van der Waals surface area contributed by atoms with E-state index in [1.807, 2.05) is 0 Å². The fraction of sp³-hybridized carbons (Fsp3) is 0.278. The van der Waals surface area contributed by atoms with E-state index in [9.17, 15) is 18.0 Å². The van der Waals surface area contributed by atoms with E-state index in [1.165, 1.54) is 23.1 Å². The highest BCUT2D eigenvalue weighted by Gasteiger charge is 2.35. The summed E-state index contributed by atoms with van der Waals surface area (Å²) in [6.45, 7) is 2.31. The summed E-state index contributed by atoms with van der Waals surface area (Å²) in [5, 5.41) is 0. The Bertz CT molecular complexity index is 789. The maximum Gasteiger partial charge on any atom is 0.417 e. The van der Waals surface area contributed by atoms with Gasteiger partial charge in [0.15, 0.2) is 11.5 Å². The van der Waals surface area contributed by atoms with Crippen LogP contribution in [0.4, 0.5) is 13.2 Å².